The molecule has 0 N–H and O–H groups in total. The van der Waals surface area contributed by atoms with Crippen LogP contribution >= 0.6 is 0 Å². The molecular weight excluding hydrogens is 454 g/mol. The summed E-state index contributed by atoms with van der Waals surface area (Å²) in [6.45, 7) is 3.23. The summed E-state index contributed by atoms with van der Waals surface area (Å²) in [6.07, 6.45) is -4.71. The monoisotopic (exact) mass is 475 g/mol. The molecule has 0 spiro atoms. The molecule has 0 fully saturated rings. The van der Waals surface area contributed by atoms with Gasteiger partial charge in [-0.2, -0.15) is 13.2 Å². The molecule has 178 valence electrons. The largest absolute Gasteiger partial charge is 0.496 e. The Morgan fingerprint density at radius 2 is 1.62 bits per heavy atom. The quantitative estimate of drug-likeness (QED) is 0.458. The fourth-order valence-electron chi connectivity index (χ4n) is 4.02. The van der Waals surface area contributed by atoms with Crippen LogP contribution in [0.25, 0.3) is 0 Å². The molecule has 34 heavy (non-hydrogen) atoms. The fourth-order valence-corrected chi connectivity index (χ4v) is 4.02. The van der Waals surface area contributed by atoms with E-state index in [1.54, 1.807) is 30.9 Å². The Kier molecular flexibility index (Phi) is 5.84. The molecule has 0 saturated carbocycles. The number of pyridine rings is 1. The number of hydrogen-bond acceptors (Lipinski definition) is 5. The van der Waals surface area contributed by atoms with Crippen molar-refractivity contribution in [2.75, 3.05) is 30.7 Å². The third-order valence-corrected chi connectivity index (χ3v) is 5.65. The fraction of sp³-hybridized carbons (Fsp3) is 0.250. The second-order valence-electron chi connectivity index (χ2n) is 7.76. The number of methoxy groups -OCH3 is 2. The molecule has 1 aliphatic heterocycles. The Balaban J connectivity index is 1.95. The molecular formula is C24H21F4N3O3. The Bertz CT molecular complexity index is 1280. The summed E-state index contributed by atoms with van der Waals surface area (Å²) in [5, 5.41) is 0. The highest BCUT2D eigenvalue weighted by atomic mass is 19.4. The summed E-state index contributed by atoms with van der Waals surface area (Å²) in [6, 6.07) is 9.20. The number of alkyl halides is 3. The summed E-state index contributed by atoms with van der Waals surface area (Å²) in [7, 11) is 2.58. The first-order valence-corrected chi connectivity index (χ1v) is 10.2. The number of carbonyl (C=O) groups excluding carboxylic acids is 1. The van der Waals surface area contributed by atoms with Crippen LogP contribution < -0.4 is 19.3 Å². The highest BCUT2D eigenvalue weighted by Gasteiger charge is 2.40. The van der Waals surface area contributed by atoms with Crippen LogP contribution in [0.15, 0.2) is 42.5 Å². The molecule has 0 aliphatic carbocycles. The van der Waals surface area contributed by atoms with Crippen molar-refractivity contribution >= 4 is 23.0 Å². The second kappa shape index (κ2) is 8.51. The van der Waals surface area contributed by atoms with Gasteiger partial charge >= 0.3 is 6.18 Å². The van der Waals surface area contributed by atoms with E-state index in [-0.39, 0.29) is 17.9 Å². The Morgan fingerprint density at radius 1 is 0.912 bits per heavy atom. The molecule has 10 heteroatoms. The molecule has 0 unspecified atom stereocenters. The smallest absolute Gasteiger partial charge is 0.420 e. The number of halogens is 4. The van der Waals surface area contributed by atoms with Crippen molar-refractivity contribution in [1.29, 1.82) is 0 Å². The predicted octanol–water partition coefficient (Wildman–Crippen LogP) is 5.63. The number of aryl methyl sites for hydroxylation is 2. The van der Waals surface area contributed by atoms with E-state index in [2.05, 4.69) is 4.98 Å². The lowest BCUT2D eigenvalue weighted by Crippen LogP contribution is -2.45. The van der Waals surface area contributed by atoms with Crippen LogP contribution in [0.1, 0.15) is 27.2 Å². The van der Waals surface area contributed by atoms with Crippen molar-refractivity contribution in [1.82, 2.24) is 4.98 Å². The Hall–Kier alpha value is -3.82. The van der Waals surface area contributed by atoms with Gasteiger partial charge in [0.2, 0.25) is 5.88 Å². The van der Waals surface area contributed by atoms with E-state index in [1.165, 1.54) is 30.2 Å². The highest BCUT2D eigenvalue weighted by Crippen LogP contribution is 2.45. The van der Waals surface area contributed by atoms with E-state index in [0.29, 0.717) is 28.5 Å². The van der Waals surface area contributed by atoms with E-state index in [0.717, 1.165) is 19.2 Å². The predicted molar refractivity (Wildman–Crippen MR) is 118 cm³/mol. The van der Waals surface area contributed by atoms with E-state index in [4.69, 9.17) is 9.47 Å². The zero-order chi connectivity index (χ0) is 24.8. The highest BCUT2D eigenvalue weighted by molar-refractivity contribution is 6.13. The van der Waals surface area contributed by atoms with Crippen LogP contribution in [-0.4, -0.2) is 31.8 Å². The van der Waals surface area contributed by atoms with Crippen molar-refractivity contribution in [3.05, 3.63) is 70.7 Å². The average molecular weight is 475 g/mol. The van der Waals surface area contributed by atoms with Crippen LogP contribution in [0.5, 0.6) is 11.6 Å². The average Bonchev–Trinajstić information content (AvgIpc) is 2.78. The van der Waals surface area contributed by atoms with E-state index >= 15 is 0 Å². The van der Waals surface area contributed by atoms with Gasteiger partial charge in [0.15, 0.2) is 0 Å². The molecule has 3 aromatic rings. The maximum Gasteiger partial charge on any atom is 0.420 e. The van der Waals surface area contributed by atoms with Gasteiger partial charge in [-0.3, -0.25) is 9.69 Å². The lowest BCUT2D eigenvalue weighted by atomic mass is 10.0. The normalized spacial score (nSPS) is 13.7. The molecule has 1 aromatic heterocycles. The SMILES string of the molecule is COc1ccc(N2CN(c3ccc(F)cc3C)c3cc(C(F)(F)F)c(OC)cc3C2=O)c(C)n1. The molecule has 6 nitrogen and oxygen atoms in total. The van der Waals surface area contributed by atoms with E-state index in [1.807, 2.05) is 0 Å². The summed E-state index contributed by atoms with van der Waals surface area (Å²) in [5.74, 6) is -1.11. The maximum atomic E-state index is 13.8. The third-order valence-electron chi connectivity index (χ3n) is 5.65. The van der Waals surface area contributed by atoms with Gasteiger partial charge in [0.25, 0.3) is 5.91 Å². The van der Waals surface area contributed by atoms with Crippen LogP contribution in [0, 0.1) is 19.7 Å². The minimum atomic E-state index is -4.71. The minimum absolute atomic E-state index is 0.00930. The molecule has 4 rings (SSSR count). The number of nitrogens with zero attached hydrogens (tertiary/aromatic N) is 3. The molecule has 1 amide bonds. The topological polar surface area (TPSA) is 54.9 Å². The van der Waals surface area contributed by atoms with Gasteiger partial charge in [-0.15, -0.1) is 0 Å². The third kappa shape index (κ3) is 4.00. The number of benzene rings is 2. The Morgan fingerprint density at radius 3 is 2.21 bits per heavy atom. The second-order valence-corrected chi connectivity index (χ2v) is 7.76. The van der Waals surface area contributed by atoms with Gasteiger partial charge in [-0.25, -0.2) is 9.37 Å². The number of amides is 1. The van der Waals surface area contributed by atoms with Crippen LogP contribution in [0.2, 0.25) is 0 Å². The van der Waals surface area contributed by atoms with Crippen molar-refractivity contribution in [3.8, 4) is 11.6 Å². The lowest BCUT2D eigenvalue weighted by molar-refractivity contribution is -0.138. The van der Waals surface area contributed by atoms with Gasteiger partial charge in [-0.1, -0.05) is 0 Å². The molecule has 2 heterocycles. The molecule has 1 aliphatic rings. The maximum absolute atomic E-state index is 13.8. The van der Waals surface area contributed by atoms with Crippen molar-refractivity contribution in [3.63, 3.8) is 0 Å². The first-order valence-electron chi connectivity index (χ1n) is 10.2. The van der Waals surface area contributed by atoms with E-state index in [9.17, 15) is 22.4 Å². The standard InChI is InChI=1S/C24H21F4N3O3/c1-13-9-15(25)5-6-18(13)30-12-31(19-7-8-22(34-4)29-14(19)2)23(32)16-10-21(33-3)17(11-20(16)30)24(26,27)28/h5-11H,12H2,1-4H3. The summed E-state index contributed by atoms with van der Waals surface area (Å²) in [5.41, 5.74) is 0.943. The molecule has 0 bridgehead atoms. The number of fused-ring (bicyclic) bond motifs is 1. The molecule has 0 saturated heterocycles. The van der Waals surface area contributed by atoms with Crippen molar-refractivity contribution < 1.29 is 31.8 Å². The summed E-state index contributed by atoms with van der Waals surface area (Å²) in [4.78, 5) is 20.8. The van der Waals surface area contributed by atoms with Crippen molar-refractivity contribution in [2.45, 2.75) is 20.0 Å². The van der Waals surface area contributed by atoms with Gasteiger partial charge in [-0.05, 0) is 55.8 Å². The number of aromatic nitrogens is 1. The van der Waals surface area contributed by atoms with Crippen LogP contribution in [0.3, 0.4) is 0 Å². The summed E-state index contributed by atoms with van der Waals surface area (Å²) >= 11 is 0. The summed E-state index contributed by atoms with van der Waals surface area (Å²) < 4.78 is 65.2. The van der Waals surface area contributed by atoms with Gasteiger partial charge < -0.3 is 14.4 Å². The molecule has 0 atom stereocenters. The lowest BCUT2D eigenvalue weighted by Gasteiger charge is -2.39. The molecule has 2 aromatic carbocycles. The number of rotatable bonds is 4. The number of hydrogen-bond donors (Lipinski definition) is 0. The first kappa shape index (κ1) is 23.3. The van der Waals surface area contributed by atoms with Crippen LogP contribution in [0.4, 0.5) is 34.6 Å². The zero-order valence-corrected chi connectivity index (χ0v) is 18.8. The number of carbonyl (C=O) groups is 1. The van der Waals surface area contributed by atoms with Gasteiger partial charge in [0, 0.05) is 11.8 Å². The number of anilines is 3. The molecule has 0 radical (unpaired) electrons. The Labute approximate surface area is 193 Å². The van der Waals surface area contributed by atoms with Gasteiger partial charge in [0.05, 0.1) is 42.4 Å². The first-order chi connectivity index (χ1) is 16.0. The van der Waals surface area contributed by atoms with Gasteiger partial charge in [0.1, 0.15) is 18.2 Å². The van der Waals surface area contributed by atoms with E-state index < -0.39 is 29.2 Å². The van der Waals surface area contributed by atoms with Crippen LogP contribution in [-0.2, 0) is 6.18 Å². The van der Waals surface area contributed by atoms with Crippen molar-refractivity contribution in [2.24, 2.45) is 0 Å². The zero-order valence-electron chi connectivity index (χ0n) is 18.8. The number of ether oxygens (including phenoxy) is 2. The minimum Gasteiger partial charge on any atom is -0.496 e.